The van der Waals surface area contributed by atoms with Crippen molar-refractivity contribution >= 4 is 11.7 Å². The number of rotatable bonds is 7. The molecule has 0 radical (unpaired) electrons. The number of nitriles is 1. The van der Waals surface area contributed by atoms with Crippen molar-refractivity contribution in [3.8, 4) is 6.07 Å². The molecule has 0 aliphatic heterocycles. The third-order valence-electron chi connectivity index (χ3n) is 3.16. The minimum absolute atomic E-state index is 0.101. The largest absolute Gasteiger partial charge is 0.338 e. The van der Waals surface area contributed by atoms with E-state index in [0.29, 0.717) is 24.5 Å². The molecule has 1 atom stereocenters. The van der Waals surface area contributed by atoms with Crippen molar-refractivity contribution in [2.24, 2.45) is 11.8 Å². The number of amides is 1. The van der Waals surface area contributed by atoms with Gasteiger partial charge in [0.2, 0.25) is 0 Å². The number of anilines is 1. The van der Waals surface area contributed by atoms with Crippen molar-refractivity contribution in [3.63, 3.8) is 0 Å². The molecule has 0 spiro atoms. The average molecular weight is 289 g/mol. The molecule has 21 heavy (non-hydrogen) atoms. The molecule has 0 saturated heterocycles. The summed E-state index contributed by atoms with van der Waals surface area (Å²) in [5, 5.41) is 8.90. The fraction of sp³-hybridized carbons (Fsp3) is 0.533. The molecule has 1 unspecified atom stereocenters. The third-order valence-corrected chi connectivity index (χ3v) is 3.16. The number of nitrogens with one attached hydrogen (secondary N) is 1. The Morgan fingerprint density at radius 2 is 2.24 bits per heavy atom. The van der Waals surface area contributed by atoms with Crippen molar-refractivity contribution in [2.45, 2.75) is 33.6 Å². The van der Waals surface area contributed by atoms with Gasteiger partial charge in [-0.05, 0) is 32.4 Å². The van der Waals surface area contributed by atoms with Crippen LogP contribution in [0.1, 0.15) is 43.2 Å². The van der Waals surface area contributed by atoms with Gasteiger partial charge in [-0.15, -0.1) is 0 Å². The van der Waals surface area contributed by atoms with Gasteiger partial charge in [0.05, 0.1) is 12.0 Å². The van der Waals surface area contributed by atoms with Gasteiger partial charge >= 0.3 is 0 Å². The van der Waals surface area contributed by atoms with Gasteiger partial charge in [-0.1, -0.05) is 13.3 Å². The van der Waals surface area contributed by atoms with Crippen molar-refractivity contribution < 1.29 is 4.79 Å². The van der Waals surface area contributed by atoms with E-state index in [1.165, 1.54) is 0 Å². The topological polar surface area (TPSA) is 95.0 Å². The Morgan fingerprint density at radius 3 is 2.76 bits per heavy atom. The lowest BCUT2D eigenvalue weighted by Crippen LogP contribution is -2.34. The van der Waals surface area contributed by atoms with Crippen molar-refractivity contribution in [3.05, 3.63) is 23.4 Å². The Bertz CT molecular complexity index is 523. The maximum atomic E-state index is 12.6. The maximum Gasteiger partial charge on any atom is 0.254 e. The molecular weight excluding hydrogens is 266 g/mol. The first-order chi connectivity index (χ1) is 10.0. The van der Waals surface area contributed by atoms with E-state index in [1.807, 2.05) is 6.92 Å². The zero-order chi connectivity index (χ0) is 15.8. The molecule has 0 aliphatic carbocycles. The summed E-state index contributed by atoms with van der Waals surface area (Å²) in [7, 11) is 0. The summed E-state index contributed by atoms with van der Waals surface area (Å²) >= 11 is 0. The molecular formula is C15H23N5O. The Labute approximate surface area is 125 Å². The summed E-state index contributed by atoms with van der Waals surface area (Å²) in [5.41, 5.74) is 3.88. The van der Waals surface area contributed by atoms with E-state index >= 15 is 0 Å². The van der Waals surface area contributed by atoms with E-state index in [1.54, 1.807) is 24.0 Å². The molecule has 1 aromatic heterocycles. The van der Waals surface area contributed by atoms with Gasteiger partial charge in [0, 0.05) is 24.3 Å². The highest BCUT2D eigenvalue weighted by Crippen LogP contribution is 2.14. The van der Waals surface area contributed by atoms with Crippen LogP contribution in [0.2, 0.25) is 0 Å². The number of nitrogens with two attached hydrogens (primary N) is 1. The van der Waals surface area contributed by atoms with Crippen LogP contribution < -0.4 is 11.3 Å². The molecule has 6 nitrogen and oxygen atoms in total. The maximum absolute atomic E-state index is 12.6. The van der Waals surface area contributed by atoms with E-state index in [2.05, 4.69) is 23.4 Å². The molecule has 114 valence electrons. The predicted molar refractivity (Wildman–Crippen MR) is 82.4 cm³/mol. The first kappa shape index (κ1) is 16.9. The molecule has 0 aromatic carbocycles. The van der Waals surface area contributed by atoms with Crippen LogP contribution in [0.3, 0.4) is 0 Å². The fourth-order valence-electron chi connectivity index (χ4n) is 2.08. The highest BCUT2D eigenvalue weighted by molar-refractivity contribution is 5.95. The second-order valence-corrected chi connectivity index (χ2v) is 5.00. The Balaban J connectivity index is 3.03. The van der Waals surface area contributed by atoms with Crippen LogP contribution in [0.25, 0.3) is 0 Å². The van der Waals surface area contributed by atoms with Crippen molar-refractivity contribution in [2.75, 3.05) is 18.5 Å². The number of nitrogen functional groups attached to an aromatic ring is 1. The standard InChI is InChI=1S/C15H23N5O/c1-4-6-13-7-12(8-14(18-13)19-17)15(21)20(5-2)10-11(3)9-16/h7-8,11H,4-6,10,17H2,1-3H3,(H,18,19). The van der Waals surface area contributed by atoms with E-state index < -0.39 is 0 Å². The number of nitrogens with zero attached hydrogens (tertiary/aromatic N) is 3. The van der Waals surface area contributed by atoms with Crippen LogP contribution >= 0.6 is 0 Å². The normalized spacial score (nSPS) is 11.6. The monoisotopic (exact) mass is 289 g/mol. The molecule has 0 aliphatic rings. The van der Waals surface area contributed by atoms with Crippen molar-refractivity contribution in [1.82, 2.24) is 9.88 Å². The molecule has 1 amide bonds. The summed E-state index contributed by atoms with van der Waals surface area (Å²) < 4.78 is 0. The molecule has 0 fully saturated rings. The molecule has 1 rings (SSSR count). The zero-order valence-corrected chi connectivity index (χ0v) is 12.9. The lowest BCUT2D eigenvalue weighted by molar-refractivity contribution is 0.0752. The van der Waals surface area contributed by atoms with E-state index in [-0.39, 0.29) is 11.8 Å². The van der Waals surface area contributed by atoms with Crippen LogP contribution in [-0.4, -0.2) is 28.9 Å². The van der Waals surface area contributed by atoms with E-state index in [4.69, 9.17) is 11.1 Å². The summed E-state index contributed by atoms with van der Waals surface area (Å²) in [5.74, 6) is 5.60. The Kier molecular flexibility index (Phi) is 6.63. The van der Waals surface area contributed by atoms with Gasteiger partial charge in [-0.25, -0.2) is 10.8 Å². The number of carbonyl (C=O) groups excluding carboxylic acids is 1. The average Bonchev–Trinajstić information content (AvgIpc) is 2.51. The summed E-state index contributed by atoms with van der Waals surface area (Å²) in [4.78, 5) is 18.6. The minimum atomic E-state index is -0.196. The molecule has 1 aromatic rings. The summed E-state index contributed by atoms with van der Waals surface area (Å²) in [6.07, 6.45) is 1.73. The molecule has 0 saturated carbocycles. The second-order valence-electron chi connectivity index (χ2n) is 5.00. The van der Waals surface area contributed by atoms with Gasteiger partial charge in [0.15, 0.2) is 0 Å². The first-order valence-electron chi connectivity index (χ1n) is 7.22. The summed E-state index contributed by atoms with van der Waals surface area (Å²) in [6.45, 7) is 6.74. The van der Waals surface area contributed by atoms with Crippen LogP contribution in [-0.2, 0) is 6.42 Å². The lowest BCUT2D eigenvalue weighted by atomic mass is 10.1. The van der Waals surface area contributed by atoms with E-state index in [0.717, 1.165) is 18.5 Å². The minimum Gasteiger partial charge on any atom is -0.338 e. The smallest absolute Gasteiger partial charge is 0.254 e. The zero-order valence-electron chi connectivity index (χ0n) is 12.9. The van der Waals surface area contributed by atoms with Crippen LogP contribution in [0.5, 0.6) is 0 Å². The highest BCUT2D eigenvalue weighted by atomic mass is 16.2. The van der Waals surface area contributed by atoms with E-state index in [9.17, 15) is 4.79 Å². The number of pyridine rings is 1. The molecule has 6 heteroatoms. The quantitative estimate of drug-likeness (QED) is 0.591. The number of hydrazine groups is 1. The number of aryl methyl sites for hydroxylation is 1. The highest BCUT2D eigenvalue weighted by Gasteiger charge is 2.18. The van der Waals surface area contributed by atoms with Gasteiger partial charge in [0.25, 0.3) is 5.91 Å². The van der Waals surface area contributed by atoms with Gasteiger partial charge in [0.1, 0.15) is 5.82 Å². The van der Waals surface area contributed by atoms with Gasteiger partial charge in [-0.2, -0.15) is 5.26 Å². The fourth-order valence-corrected chi connectivity index (χ4v) is 2.08. The Morgan fingerprint density at radius 1 is 1.52 bits per heavy atom. The first-order valence-corrected chi connectivity index (χ1v) is 7.22. The van der Waals surface area contributed by atoms with Crippen LogP contribution in [0.15, 0.2) is 12.1 Å². The number of carbonyl (C=O) groups is 1. The van der Waals surface area contributed by atoms with Gasteiger partial charge < -0.3 is 10.3 Å². The van der Waals surface area contributed by atoms with Crippen LogP contribution in [0.4, 0.5) is 5.82 Å². The second kappa shape index (κ2) is 8.22. The SMILES string of the molecule is CCCc1cc(C(=O)N(CC)CC(C)C#N)cc(NN)n1. The Hall–Kier alpha value is -2.13. The number of aromatic nitrogens is 1. The summed E-state index contributed by atoms with van der Waals surface area (Å²) in [6, 6.07) is 5.59. The third kappa shape index (κ3) is 4.72. The van der Waals surface area contributed by atoms with Crippen LogP contribution in [0, 0.1) is 17.2 Å². The van der Waals surface area contributed by atoms with Gasteiger partial charge in [-0.3, -0.25) is 4.79 Å². The lowest BCUT2D eigenvalue weighted by Gasteiger charge is -2.22. The molecule has 0 bridgehead atoms. The number of hydrogen-bond donors (Lipinski definition) is 2. The number of hydrogen-bond acceptors (Lipinski definition) is 5. The predicted octanol–water partition coefficient (Wildman–Crippen LogP) is 1.94. The molecule has 3 N–H and O–H groups in total. The van der Waals surface area contributed by atoms with Crippen molar-refractivity contribution in [1.29, 1.82) is 5.26 Å². The molecule has 1 heterocycles.